The summed E-state index contributed by atoms with van der Waals surface area (Å²) in [6.07, 6.45) is -0.106. The molecule has 0 aliphatic heterocycles. The van der Waals surface area contributed by atoms with Crippen LogP contribution in [-0.2, 0) is 0 Å². The zero-order chi connectivity index (χ0) is 15.1. The molecule has 0 aliphatic carbocycles. The number of carbonyl (C=O) groups is 1. The Labute approximate surface area is 120 Å². The molecule has 0 saturated carbocycles. The fraction of sp³-hybridized carbons (Fsp3) is 0.438. The van der Waals surface area contributed by atoms with E-state index in [4.69, 9.17) is 5.11 Å². The average Bonchev–Trinajstić information content (AvgIpc) is 2.39. The molecule has 108 valence electrons. The van der Waals surface area contributed by atoms with E-state index in [1.165, 1.54) is 4.90 Å². The lowest BCUT2D eigenvalue weighted by molar-refractivity contribution is 0.0703. The third-order valence-corrected chi connectivity index (χ3v) is 2.82. The maximum absolute atomic E-state index is 12.1. The maximum Gasteiger partial charge on any atom is 0.253 e. The minimum absolute atomic E-state index is 0.0484. The monoisotopic (exact) mass is 275 g/mol. The predicted octanol–water partition coefficient (Wildman–Crippen LogP) is 1.18. The lowest BCUT2D eigenvalue weighted by Crippen LogP contribution is -2.33. The molecule has 1 aromatic rings. The minimum Gasteiger partial charge on any atom is -0.395 e. The Morgan fingerprint density at radius 2 is 2.15 bits per heavy atom. The summed E-state index contributed by atoms with van der Waals surface area (Å²) in [6, 6.07) is 5.34. The van der Waals surface area contributed by atoms with Crippen LogP contribution in [0.4, 0.5) is 0 Å². The molecule has 1 amide bonds. The summed E-state index contributed by atoms with van der Waals surface area (Å²) < 4.78 is 0. The Morgan fingerprint density at radius 3 is 2.70 bits per heavy atom. The smallest absolute Gasteiger partial charge is 0.253 e. The second kappa shape index (κ2) is 7.68. The second-order valence-corrected chi connectivity index (χ2v) is 4.84. The van der Waals surface area contributed by atoms with Gasteiger partial charge in [0.15, 0.2) is 0 Å². The molecule has 2 N–H and O–H groups in total. The van der Waals surface area contributed by atoms with E-state index < -0.39 is 6.10 Å². The molecule has 0 radical (unpaired) electrons. The Hall–Kier alpha value is -1.83. The van der Waals surface area contributed by atoms with E-state index in [0.29, 0.717) is 18.5 Å². The molecule has 4 nitrogen and oxygen atoms in total. The van der Waals surface area contributed by atoms with E-state index in [9.17, 15) is 9.90 Å². The van der Waals surface area contributed by atoms with Crippen LogP contribution in [0.15, 0.2) is 18.2 Å². The third kappa shape index (κ3) is 4.69. The van der Waals surface area contributed by atoms with Gasteiger partial charge in [0.25, 0.3) is 5.91 Å². The van der Waals surface area contributed by atoms with Crippen molar-refractivity contribution in [1.82, 2.24) is 4.90 Å². The zero-order valence-corrected chi connectivity index (χ0v) is 12.2. The maximum atomic E-state index is 12.1. The summed E-state index contributed by atoms with van der Waals surface area (Å²) in [4.78, 5) is 13.6. The average molecular weight is 275 g/mol. The first-order valence-corrected chi connectivity index (χ1v) is 6.59. The van der Waals surface area contributed by atoms with Gasteiger partial charge in [0.2, 0.25) is 0 Å². The van der Waals surface area contributed by atoms with E-state index in [2.05, 4.69) is 11.8 Å². The van der Waals surface area contributed by atoms with Crippen molar-refractivity contribution in [2.24, 2.45) is 0 Å². The summed E-state index contributed by atoms with van der Waals surface area (Å²) in [7, 11) is 1.67. The molecule has 0 aromatic heterocycles. The van der Waals surface area contributed by atoms with Crippen LogP contribution in [0.25, 0.3) is 0 Å². The van der Waals surface area contributed by atoms with Gasteiger partial charge in [-0.3, -0.25) is 4.79 Å². The molecule has 1 aromatic carbocycles. The molecule has 1 rings (SSSR count). The Morgan fingerprint density at radius 1 is 1.45 bits per heavy atom. The van der Waals surface area contributed by atoms with Crippen molar-refractivity contribution in [3.8, 4) is 11.8 Å². The molecule has 0 spiro atoms. The lowest BCUT2D eigenvalue weighted by Gasteiger charge is -2.19. The van der Waals surface area contributed by atoms with Gasteiger partial charge in [0.05, 0.1) is 12.7 Å². The molecule has 20 heavy (non-hydrogen) atoms. The van der Waals surface area contributed by atoms with Gasteiger partial charge in [0, 0.05) is 31.1 Å². The molecule has 0 saturated heterocycles. The SMILES string of the molecule is Cc1cc(C(=O)N(C)CC(C)O)ccc1C#CCCO. The van der Waals surface area contributed by atoms with Crippen molar-refractivity contribution < 1.29 is 15.0 Å². The number of aliphatic hydroxyl groups is 2. The number of carbonyl (C=O) groups excluding carboxylic acids is 1. The van der Waals surface area contributed by atoms with Gasteiger partial charge in [-0.2, -0.15) is 0 Å². The second-order valence-electron chi connectivity index (χ2n) is 4.84. The highest BCUT2D eigenvalue weighted by Crippen LogP contribution is 2.12. The Bertz CT molecular complexity index is 526. The van der Waals surface area contributed by atoms with Crippen LogP contribution in [0, 0.1) is 18.8 Å². The first kappa shape index (κ1) is 16.2. The van der Waals surface area contributed by atoms with Crippen LogP contribution >= 0.6 is 0 Å². The van der Waals surface area contributed by atoms with Gasteiger partial charge in [-0.1, -0.05) is 11.8 Å². The minimum atomic E-state index is -0.548. The summed E-state index contributed by atoms with van der Waals surface area (Å²) in [6.45, 7) is 3.89. The van der Waals surface area contributed by atoms with Crippen LogP contribution in [-0.4, -0.2) is 47.3 Å². The van der Waals surface area contributed by atoms with Crippen molar-refractivity contribution >= 4 is 5.91 Å². The number of rotatable bonds is 4. The summed E-state index contributed by atoms with van der Waals surface area (Å²) >= 11 is 0. The van der Waals surface area contributed by atoms with Crippen molar-refractivity contribution in [1.29, 1.82) is 0 Å². The highest BCUT2D eigenvalue weighted by molar-refractivity contribution is 5.94. The fourth-order valence-corrected chi connectivity index (χ4v) is 1.85. The largest absolute Gasteiger partial charge is 0.395 e. The first-order valence-electron chi connectivity index (χ1n) is 6.59. The molecule has 0 bridgehead atoms. The third-order valence-electron chi connectivity index (χ3n) is 2.82. The summed E-state index contributed by atoms with van der Waals surface area (Å²) in [5.41, 5.74) is 2.36. The van der Waals surface area contributed by atoms with Crippen LogP contribution in [0.5, 0.6) is 0 Å². The van der Waals surface area contributed by atoms with Crippen molar-refractivity contribution in [3.63, 3.8) is 0 Å². The number of hydrogen-bond acceptors (Lipinski definition) is 3. The first-order chi connectivity index (χ1) is 9.45. The van der Waals surface area contributed by atoms with Crippen LogP contribution in [0.3, 0.4) is 0 Å². The number of nitrogens with zero attached hydrogens (tertiary/aromatic N) is 1. The van der Waals surface area contributed by atoms with E-state index in [-0.39, 0.29) is 12.5 Å². The van der Waals surface area contributed by atoms with Gasteiger partial charge < -0.3 is 15.1 Å². The van der Waals surface area contributed by atoms with E-state index in [1.807, 2.05) is 13.0 Å². The van der Waals surface area contributed by atoms with Crippen LogP contribution in [0.1, 0.15) is 34.8 Å². The topological polar surface area (TPSA) is 60.8 Å². The number of aliphatic hydroxyl groups excluding tert-OH is 2. The van der Waals surface area contributed by atoms with Crippen LogP contribution < -0.4 is 0 Å². The van der Waals surface area contributed by atoms with Gasteiger partial charge in [0.1, 0.15) is 0 Å². The molecule has 0 fully saturated rings. The van der Waals surface area contributed by atoms with E-state index >= 15 is 0 Å². The number of aryl methyl sites for hydroxylation is 1. The van der Waals surface area contributed by atoms with Crippen molar-refractivity contribution in [2.75, 3.05) is 20.2 Å². The van der Waals surface area contributed by atoms with Gasteiger partial charge in [-0.25, -0.2) is 0 Å². The number of hydrogen-bond donors (Lipinski definition) is 2. The molecule has 0 heterocycles. The molecule has 0 aliphatic rings. The number of likely N-dealkylation sites (N-methyl/N-ethyl adjacent to an activating group) is 1. The Balaban J connectivity index is 2.87. The van der Waals surface area contributed by atoms with Crippen LogP contribution in [0.2, 0.25) is 0 Å². The number of benzene rings is 1. The highest BCUT2D eigenvalue weighted by atomic mass is 16.3. The standard InChI is InChI=1S/C16H21NO3/c1-12-10-15(16(20)17(3)11-13(2)19)8-7-14(12)6-4-5-9-18/h7-8,10,13,18-19H,5,9,11H2,1-3H3. The zero-order valence-electron chi connectivity index (χ0n) is 12.2. The summed E-state index contributed by atoms with van der Waals surface area (Å²) in [5, 5.41) is 18.0. The van der Waals surface area contributed by atoms with E-state index in [0.717, 1.165) is 11.1 Å². The van der Waals surface area contributed by atoms with Crippen molar-refractivity contribution in [2.45, 2.75) is 26.4 Å². The molecular weight excluding hydrogens is 254 g/mol. The summed E-state index contributed by atoms with van der Waals surface area (Å²) in [5.74, 6) is 5.71. The quantitative estimate of drug-likeness (QED) is 0.811. The molecule has 1 atom stereocenters. The predicted molar refractivity (Wildman–Crippen MR) is 78.4 cm³/mol. The molecule has 1 unspecified atom stereocenters. The lowest BCUT2D eigenvalue weighted by atomic mass is 10.0. The molecular formula is C16H21NO3. The Kier molecular flexibility index (Phi) is 6.23. The van der Waals surface area contributed by atoms with Gasteiger partial charge in [-0.05, 0) is 37.6 Å². The van der Waals surface area contributed by atoms with Crippen molar-refractivity contribution in [3.05, 3.63) is 34.9 Å². The van der Waals surface area contributed by atoms with E-state index in [1.54, 1.807) is 26.1 Å². The van der Waals surface area contributed by atoms with Gasteiger partial charge in [-0.15, -0.1) is 0 Å². The number of amides is 1. The fourth-order valence-electron chi connectivity index (χ4n) is 1.85. The molecule has 4 heteroatoms. The highest BCUT2D eigenvalue weighted by Gasteiger charge is 2.13. The normalized spacial score (nSPS) is 11.4. The van der Waals surface area contributed by atoms with Gasteiger partial charge >= 0.3 is 0 Å².